The lowest BCUT2D eigenvalue weighted by Crippen LogP contribution is -2.30. The zero-order valence-electron chi connectivity index (χ0n) is 10.1. The second kappa shape index (κ2) is 7.86. The van der Waals surface area contributed by atoms with Crippen molar-refractivity contribution in [1.82, 2.24) is 5.32 Å². The lowest BCUT2D eigenvalue weighted by molar-refractivity contribution is -0.120. The van der Waals surface area contributed by atoms with E-state index in [1.165, 1.54) is 38.5 Å². The Bertz CT molecular complexity index is 173. The highest BCUT2D eigenvalue weighted by molar-refractivity contribution is 5.84. The summed E-state index contributed by atoms with van der Waals surface area (Å²) in [6, 6.07) is 0.195. The molecule has 2 heteroatoms. The van der Waals surface area contributed by atoms with Crippen LogP contribution in [-0.2, 0) is 4.79 Å². The van der Waals surface area contributed by atoms with E-state index in [0.717, 1.165) is 25.8 Å². The van der Waals surface area contributed by atoms with Gasteiger partial charge in [0.05, 0.1) is 6.04 Å². The van der Waals surface area contributed by atoms with Crippen LogP contribution in [0.25, 0.3) is 0 Å². The molecule has 0 bridgehead atoms. The van der Waals surface area contributed by atoms with Gasteiger partial charge in [0.15, 0.2) is 0 Å². The Labute approximate surface area is 93.8 Å². The first kappa shape index (κ1) is 12.7. The van der Waals surface area contributed by atoms with E-state index in [2.05, 4.69) is 12.2 Å². The molecule has 0 aromatic rings. The van der Waals surface area contributed by atoms with Crippen LogP contribution in [0.4, 0.5) is 0 Å². The van der Waals surface area contributed by atoms with Crippen molar-refractivity contribution in [2.24, 2.45) is 0 Å². The maximum absolute atomic E-state index is 11.7. The maximum Gasteiger partial charge on any atom is 0.149 e. The Hall–Kier alpha value is -0.370. The Balaban J connectivity index is 1.92. The van der Waals surface area contributed by atoms with Crippen molar-refractivity contribution in [3.05, 3.63) is 0 Å². The van der Waals surface area contributed by atoms with Gasteiger partial charge in [0.25, 0.3) is 0 Å². The first-order chi connectivity index (χ1) is 7.34. The molecule has 1 N–H and O–H groups in total. The first-order valence-corrected chi connectivity index (χ1v) is 6.60. The number of carbonyl (C=O) groups is 1. The van der Waals surface area contributed by atoms with E-state index in [4.69, 9.17) is 0 Å². The summed E-state index contributed by atoms with van der Waals surface area (Å²) in [6.45, 7) is 3.27. The van der Waals surface area contributed by atoms with Crippen molar-refractivity contribution in [3.8, 4) is 0 Å². The van der Waals surface area contributed by atoms with Gasteiger partial charge in [0.1, 0.15) is 5.78 Å². The number of hydrogen-bond donors (Lipinski definition) is 1. The third-order valence-electron chi connectivity index (χ3n) is 3.23. The molecule has 0 radical (unpaired) electrons. The monoisotopic (exact) mass is 211 g/mol. The smallest absolute Gasteiger partial charge is 0.149 e. The summed E-state index contributed by atoms with van der Waals surface area (Å²) in [6.07, 6.45) is 10.7. The van der Waals surface area contributed by atoms with Crippen LogP contribution in [0.1, 0.15) is 64.7 Å². The zero-order chi connectivity index (χ0) is 10.9. The Morgan fingerprint density at radius 1 is 1.20 bits per heavy atom. The molecule has 1 atom stereocenters. The van der Waals surface area contributed by atoms with Crippen molar-refractivity contribution in [1.29, 1.82) is 0 Å². The fourth-order valence-electron chi connectivity index (χ4n) is 2.21. The highest BCUT2D eigenvalue weighted by Crippen LogP contribution is 2.12. The standard InChI is InChI=1S/C13H25NO/c1-2-3-4-5-6-7-10-13(15)12-9-8-11-14-12/h12,14H,2-11H2,1H3. The van der Waals surface area contributed by atoms with Gasteiger partial charge in [-0.05, 0) is 25.8 Å². The van der Waals surface area contributed by atoms with Gasteiger partial charge in [-0.2, -0.15) is 0 Å². The molecule has 15 heavy (non-hydrogen) atoms. The van der Waals surface area contributed by atoms with Crippen LogP contribution in [0.5, 0.6) is 0 Å². The fraction of sp³-hybridized carbons (Fsp3) is 0.923. The molecule has 0 aliphatic carbocycles. The van der Waals surface area contributed by atoms with Crippen LogP contribution in [0.2, 0.25) is 0 Å². The molecule has 0 spiro atoms. The number of carbonyl (C=O) groups excluding carboxylic acids is 1. The summed E-state index contributed by atoms with van der Waals surface area (Å²) >= 11 is 0. The van der Waals surface area contributed by atoms with Gasteiger partial charge in [0, 0.05) is 6.42 Å². The van der Waals surface area contributed by atoms with Crippen molar-refractivity contribution in [3.63, 3.8) is 0 Å². The topological polar surface area (TPSA) is 29.1 Å². The molecule has 1 aliphatic rings. The van der Waals surface area contributed by atoms with E-state index >= 15 is 0 Å². The Morgan fingerprint density at radius 2 is 1.93 bits per heavy atom. The molecule has 1 aliphatic heterocycles. The van der Waals surface area contributed by atoms with Gasteiger partial charge >= 0.3 is 0 Å². The Morgan fingerprint density at radius 3 is 2.60 bits per heavy atom. The normalized spacial score (nSPS) is 20.7. The van der Waals surface area contributed by atoms with Crippen molar-refractivity contribution in [2.75, 3.05) is 6.54 Å². The minimum Gasteiger partial charge on any atom is -0.307 e. The SMILES string of the molecule is CCCCCCCCC(=O)C1CCCN1. The van der Waals surface area contributed by atoms with E-state index in [-0.39, 0.29) is 6.04 Å². The quantitative estimate of drug-likeness (QED) is 0.625. The number of nitrogens with one attached hydrogen (secondary N) is 1. The summed E-state index contributed by atoms with van der Waals surface area (Å²) in [5, 5.41) is 3.27. The lowest BCUT2D eigenvalue weighted by atomic mass is 10.0. The number of Topliss-reactive ketones (excluding diaryl/α,β-unsaturated/α-hetero) is 1. The molecular weight excluding hydrogens is 186 g/mol. The second-order valence-corrected chi connectivity index (χ2v) is 4.63. The molecule has 1 rings (SSSR count). The number of unbranched alkanes of at least 4 members (excludes halogenated alkanes) is 5. The van der Waals surface area contributed by atoms with Crippen LogP contribution in [0.3, 0.4) is 0 Å². The molecular formula is C13H25NO. The minimum absolute atomic E-state index is 0.195. The summed E-state index contributed by atoms with van der Waals surface area (Å²) in [5.74, 6) is 0.447. The predicted octanol–water partition coefficient (Wildman–Crippen LogP) is 3.06. The van der Waals surface area contributed by atoms with E-state index in [1.807, 2.05) is 0 Å². The van der Waals surface area contributed by atoms with Gasteiger partial charge in [0.2, 0.25) is 0 Å². The van der Waals surface area contributed by atoms with Crippen molar-refractivity contribution < 1.29 is 4.79 Å². The Kier molecular flexibility index (Phi) is 6.66. The van der Waals surface area contributed by atoms with Crippen LogP contribution in [-0.4, -0.2) is 18.4 Å². The van der Waals surface area contributed by atoms with Gasteiger partial charge in [-0.25, -0.2) is 0 Å². The largest absolute Gasteiger partial charge is 0.307 e. The third-order valence-corrected chi connectivity index (χ3v) is 3.23. The van der Waals surface area contributed by atoms with E-state index < -0.39 is 0 Å². The predicted molar refractivity (Wildman–Crippen MR) is 64.0 cm³/mol. The van der Waals surface area contributed by atoms with Gasteiger partial charge in [-0.1, -0.05) is 39.0 Å². The average molecular weight is 211 g/mol. The van der Waals surface area contributed by atoms with Crippen LogP contribution >= 0.6 is 0 Å². The van der Waals surface area contributed by atoms with Crippen molar-refractivity contribution in [2.45, 2.75) is 70.8 Å². The number of ketones is 1. The highest BCUT2D eigenvalue weighted by atomic mass is 16.1. The van der Waals surface area contributed by atoms with Crippen LogP contribution in [0, 0.1) is 0 Å². The van der Waals surface area contributed by atoms with E-state index in [9.17, 15) is 4.79 Å². The molecule has 1 saturated heterocycles. The molecule has 1 fully saturated rings. The van der Waals surface area contributed by atoms with E-state index in [0.29, 0.717) is 5.78 Å². The maximum atomic E-state index is 11.7. The summed E-state index contributed by atoms with van der Waals surface area (Å²) in [5.41, 5.74) is 0. The highest BCUT2D eigenvalue weighted by Gasteiger charge is 2.20. The molecule has 1 heterocycles. The van der Waals surface area contributed by atoms with Gasteiger partial charge in [-0.15, -0.1) is 0 Å². The number of rotatable bonds is 8. The zero-order valence-corrected chi connectivity index (χ0v) is 10.1. The summed E-state index contributed by atoms with van der Waals surface area (Å²) in [7, 11) is 0. The molecule has 0 saturated carbocycles. The van der Waals surface area contributed by atoms with Crippen LogP contribution in [0.15, 0.2) is 0 Å². The lowest BCUT2D eigenvalue weighted by Gasteiger charge is -2.08. The fourth-order valence-corrected chi connectivity index (χ4v) is 2.21. The molecule has 0 amide bonds. The van der Waals surface area contributed by atoms with Crippen molar-refractivity contribution >= 4 is 5.78 Å². The third kappa shape index (κ3) is 5.31. The molecule has 1 unspecified atom stereocenters. The average Bonchev–Trinajstić information content (AvgIpc) is 2.76. The van der Waals surface area contributed by atoms with Gasteiger partial charge in [-0.3, -0.25) is 4.79 Å². The van der Waals surface area contributed by atoms with Gasteiger partial charge < -0.3 is 5.32 Å². The minimum atomic E-state index is 0.195. The second-order valence-electron chi connectivity index (χ2n) is 4.63. The molecule has 0 aromatic heterocycles. The molecule has 2 nitrogen and oxygen atoms in total. The molecule has 0 aromatic carbocycles. The summed E-state index contributed by atoms with van der Waals surface area (Å²) < 4.78 is 0. The number of hydrogen-bond acceptors (Lipinski definition) is 2. The summed E-state index contributed by atoms with van der Waals surface area (Å²) in [4.78, 5) is 11.7. The van der Waals surface area contributed by atoms with E-state index in [1.54, 1.807) is 0 Å². The van der Waals surface area contributed by atoms with Crippen LogP contribution < -0.4 is 5.32 Å². The first-order valence-electron chi connectivity index (χ1n) is 6.60. The molecule has 88 valence electrons.